The molecule has 148 valence electrons. The number of piperidine rings is 1. The molecule has 28 heavy (non-hydrogen) atoms. The van der Waals surface area contributed by atoms with Crippen LogP contribution in [0.4, 0.5) is 5.69 Å². The van der Waals surface area contributed by atoms with Crippen molar-refractivity contribution in [1.82, 2.24) is 4.90 Å². The molecule has 2 amide bonds. The van der Waals surface area contributed by atoms with Gasteiger partial charge in [0.2, 0.25) is 0 Å². The lowest BCUT2D eigenvalue weighted by Crippen LogP contribution is -2.38. The SMILES string of the molecule is COc1ccc(NC(=O)c2cccc(C(=O)N3CCC(C)CC3)c2)cc1OC. The van der Waals surface area contributed by atoms with Crippen LogP contribution >= 0.6 is 0 Å². The summed E-state index contributed by atoms with van der Waals surface area (Å²) in [6.07, 6.45) is 2.04. The van der Waals surface area contributed by atoms with Crippen LogP contribution in [-0.4, -0.2) is 44.0 Å². The van der Waals surface area contributed by atoms with Crippen molar-refractivity contribution >= 4 is 17.5 Å². The average molecular weight is 382 g/mol. The molecule has 1 aliphatic rings. The van der Waals surface area contributed by atoms with Gasteiger partial charge in [0.1, 0.15) is 0 Å². The van der Waals surface area contributed by atoms with Crippen molar-refractivity contribution in [2.75, 3.05) is 32.6 Å². The molecule has 0 spiro atoms. The Balaban J connectivity index is 1.73. The first-order valence-corrected chi connectivity index (χ1v) is 9.44. The van der Waals surface area contributed by atoms with Crippen LogP contribution in [0.15, 0.2) is 42.5 Å². The zero-order chi connectivity index (χ0) is 20.1. The predicted octanol–water partition coefficient (Wildman–Crippen LogP) is 3.83. The van der Waals surface area contributed by atoms with Crippen LogP contribution in [0.1, 0.15) is 40.5 Å². The van der Waals surface area contributed by atoms with Crippen molar-refractivity contribution < 1.29 is 19.1 Å². The smallest absolute Gasteiger partial charge is 0.255 e. The van der Waals surface area contributed by atoms with Gasteiger partial charge in [0.05, 0.1) is 14.2 Å². The first-order valence-electron chi connectivity index (χ1n) is 9.44. The minimum atomic E-state index is -0.283. The number of benzene rings is 2. The molecule has 2 aromatic carbocycles. The molecule has 2 aromatic rings. The van der Waals surface area contributed by atoms with Crippen molar-refractivity contribution in [1.29, 1.82) is 0 Å². The summed E-state index contributed by atoms with van der Waals surface area (Å²) in [5, 5.41) is 2.84. The number of amides is 2. The number of rotatable bonds is 5. The van der Waals surface area contributed by atoms with Gasteiger partial charge in [-0.25, -0.2) is 0 Å². The van der Waals surface area contributed by atoms with E-state index in [1.165, 1.54) is 0 Å². The van der Waals surface area contributed by atoms with E-state index in [4.69, 9.17) is 9.47 Å². The highest BCUT2D eigenvalue weighted by atomic mass is 16.5. The van der Waals surface area contributed by atoms with Gasteiger partial charge < -0.3 is 19.7 Å². The third-order valence-corrected chi connectivity index (χ3v) is 5.08. The van der Waals surface area contributed by atoms with Gasteiger partial charge >= 0.3 is 0 Å². The second kappa shape index (κ2) is 8.78. The van der Waals surface area contributed by atoms with E-state index in [9.17, 15) is 9.59 Å². The number of ether oxygens (including phenoxy) is 2. The van der Waals surface area contributed by atoms with Crippen molar-refractivity contribution in [2.24, 2.45) is 5.92 Å². The van der Waals surface area contributed by atoms with Crippen LogP contribution in [0.2, 0.25) is 0 Å². The van der Waals surface area contributed by atoms with Gasteiger partial charge in [-0.1, -0.05) is 13.0 Å². The van der Waals surface area contributed by atoms with E-state index in [-0.39, 0.29) is 11.8 Å². The summed E-state index contributed by atoms with van der Waals surface area (Å²) in [6.45, 7) is 3.74. The van der Waals surface area contributed by atoms with E-state index in [1.54, 1.807) is 56.7 Å². The van der Waals surface area contributed by atoms with Crippen molar-refractivity contribution in [3.63, 3.8) is 0 Å². The zero-order valence-corrected chi connectivity index (χ0v) is 16.5. The summed E-state index contributed by atoms with van der Waals surface area (Å²) in [5.41, 5.74) is 1.56. The maximum atomic E-state index is 12.8. The Labute approximate surface area is 165 Å². The second-order valence-electron chi connectivity index (χ2n) is 7.08. The maximum Gasteiger partial charge on any atom is 0.255 e. The predicted molar refractivity (Wildman–Crippen MR) is 108 cm³/mol. The Kier molecular flexibility index (Phi) is 6.19. The zero-order valence-electron chi connectivity index (χ0n) is 16.5. The maximum absolute atomic E-state index is 12.8. The van der Waals surface area contributed by atoms with E-state index in [1.807, 2.05) is 4.90 Å². The number of methoxy groups -OCH3 is 2. The highest BCUT2D eigenvalue weighted by Crippen LogP contribution is 2.30. The fraction of sp³-hybridized carbons (Fsp3) is 0.364. The standard InChI is InChI=1S/C22H26N2O4/c1-15-9-11-24(12-10-15)22(26)17-6-4-5-16(13-17)21(25)23-18-7-8-19(27-2)20(14-18)28-3/h4-8,13-15H,9-12H2,1-3H3,(H,23,25). The highest BCUT2D eigenvalue weighted by molar-refractivity contribution is 6.06. The fourth-order valence-corrected chi connectivity index (χ4v) is 3.30. The van der Waals surface area contributed by atoms with Crippen LogP contribution in [-0.2, 0) is 0 Å². The Hall–Kier alpha value is -3.02. The molecule has 1 aliphatic heterocycles. The van der Waals surface area contributed by atoms with Gasteiger partial charge in [0, 0.05) is 36.0 Å². The Bertz CT molecular complexity index is 857. The fourth-order valence-electron chi connectivity index (χ4n) is 3.30. The molecule has 0 radical (unpaired) electrons. The van der Waals surface area contributed by atoms with E-state index in [0.29, 0.717) is 34.2 Å². The lowest BCUT2D eigenvalue weighted by Gasteiger charge is -2.30. The van der Waals surface area contributed by atoms with Crippen LogP contribution in [0.25, 0.3) is 0 Å². The Morgan fingerprint density at radius 2 is 1.64 bits per heavy atom. The lowest BCUT2D eigenvalue weighted by molar-refractivity contribution is 0.0697. The molecule has 0 bridgehead atoms. The average Bonchev–Trinajstić information content (AvgIpc) is 2.73. The summed E-state index contributed by atoms with van der Waals surface area (Å²) in [6, 6.07) is 12.0. The summed E-state index contributed by atoms with van der Waals surface area (Å²) >= 11 is 0. The normalized spacial score (nSPS) is 14.5. The van der Waals surface area contributed by atoms with E-state index >= 15 is 0 Å². The van der Waals surface area contributed by atoms with Gasteiger partial charge in [-0.05, 0) is 49.1 Å². The van der Waals surface area contributed by atoms with Crippen LogP contribution in [0, 0.1) is 5.92 Å². The molecular formula is C22H26N2O4. The minimum absolute atomic E-state index is 0.0207. The lowest BCUT2D eigenvalue weighted by atomic mass is 9.98. The summed E-state index contributed by atoms with van der Waals surface area (Å²) in [5.74, 6) is 1.47. The number of likely N-dealkylation sites (tertiary alicyclic amines) is 1. The molecule has 6 heteroatoms. The molecule has 0 unspecified atom stereocenters. The molecule has 1 fully saturated rings. The van der Waals surface area contributed by atoms with Gasteiger partial charge in [-0.3, -0.25) is 9.59 Å². The van der Waals surface area contributed by atoms with Gasteiger partial charge in [0.25, 0.3) is 11.8 Å². The van der Waals surface area contributed by atoms with Crippen LogP contribution in [0.3, 0.4) is 0 Å². The summed E-state index contributed by atoms with van der Waals surface area (Å²) in [7, 11) is 3.10. The summed E-state index contributed by atoms with van der Waals surface area (Å²) in [4.78, 5) is 27.3. The van der Waals surface area contributed by atoms with Gasteiger partial charge in [-0.2, -0.15) is 0 Å². The first kappa shape index (κ1) is 19.7. The first-order chi connectivity index (χ1) is 13.5. The Morgan fingerprint density at radius 3 is 2.32 bits per heavy atom. The molecule has 0 aromatic heterocycles. The van der Waals surface area contributed by atoms with Crippen LogP contribution in [0.5, 0.6) is 11.5 Å². The van der Waals surface area contributed by atoms with Gasteiger partial charge in [-0.15, -0.1) is 0 Å². The Morgan fingerprint density at radius 1 is 0.964 bits per heavy atom. The second-order valence-corrected chi connectivity index (χ2v) is 7.08. The molecular weight excluding hydrogens is 356 g/mol. The molecule has 1 heterocycles. The quantitative estimate of drug-likeness (QED) is 0.853. The number of nitrogens with one attached hydrogen (secondary N) is 1. The molecule has 1 saturated heterocycles. The third-order valence-electron chi connectivity index (χ3n) is 5.08. The monoisotopic (exact) mass is 382 g/mol. The van der Waals surface area contributed by atoms with E-state index in [2.05, 4.69) is 12.2 Å². The minimum Gasteiger partial charge on any atom is -0.493 e. The molecule has 0 aliphatic carbocycles. The number of hydrogen-bond donors (Lipinski definition) is 1. The molecule has 3 rings (SSSR count). The summed E-state index contributed by atoms with van der Waals surface area (Å²) < 4.78 is 10.5. The molecule has 6 nitrogen and oxygen atoms in total. The van der Waals surface area contributed by atoms with Crippen molar-refractivity contribution in [2.45, 2.75) is 19.8 Å². The molecule has 0 atom stereocenters. The van der Waals surface area contributed by atoms with Crippen molar-refractivity contribution in [3.8, 4) is 11.5 Å². The van der Waals surface area contributed by atoms with Crippen LogP contribution < -0.4 is 14.8 Å². The highest BCUT2D eigenvalue weighted by Gasteiger charge is 2.22. The number of nitrogens with zero attached hydrogens (tertiary/aromatic N) is 1. The van der Waals surface area contributed by atoms with E-state index in [0.717, 1.165) is 25.9 Å². The third kappa shape index (κ3) is 4.44. The van der Waals surface area contributed by atoms with E-state index < -0.39 is 0 Å². The number of carbonyl (C=O) groups is 2. The molecule has 1 N–H and O–H groups in total. The van der Waals surface area contributed by atoms with Gasteiger partial charge in [0.15, 0.2) is 11.5 Å². The molecule has 0 saturated carbocycles. The number of hydrogen-bond acceptors (Lipinski definition) is 4. The number of carbonyl (C=O) groups excluding carboxylic acids is 2. The number of anilines is 1. The largest absolute Gasteiger partial charge is 0.493 e. The van der Waals surface area contributed by atoms with Crippen molar-refractivity contribution in [3.05, 3.63) is 53.6 Å². The topological polar surface area (TPSA) is 67.9 Å².